The molecule has 30 heavy (non-hydrogen) atoms. The number of anilines is 1. The number of carboxylic acid groups (broad SMARTS) is 1. The van der Waals surface area contributed by atoms with Gasteiger partial charge in [-0.3, -0.25) is 4.79 Å². The van der Waals surface area contributed by atoms with Crippen LogP contribution in [-0.4, -0.2) is 59.9 Å². The molecule has 166 valence electrons. The van der Waals surface area contributed by atoms with Crippen LogP contribution >= 0.6 is 0 Å². The number of aromatic nitrogens is 1. The molecule has 0 radical (unpaired) electrons. The minimum Gasteiger partial charge on any atom is -0.492 e. The van der Waals surface area contributed by atoms with Gasteiger partial charge in [0.2, 0.25) is 5.43 Å². The number of carboxylic acids is 1. The summed E-state index contributed by atoms with van der Waals surface area (Å²) in [5.41, 5.74) is -0.216. The SMILES string of the molecule is CN[C@@H]1CCCN(c2c(F)cc3c(=O)c(C(=O)O)cn(C4CC4)c3c2OC)C1.O.O. The van der Waals surface area contributed by atoms with Crippen molar-refractivity contribution < 1.29 is 30.0 Å². The Labute approximate surface area is 172 Å². The zero-order valence-corrected chi connectivity index (χ0v) is 17.0. The Kier molecular flexibility index (Phi) is 7.06. The van der Waals surface area contributed by atoms with Gasteiger partial charge in [0.25, 0.3) is 0 Å². The lowest BCUT2D eigenvalue weighted by Gasteiger charge is -2.35. The van der Waals surface area contributed by atoms with Gasteiger partial charge in [0, 0.05) is 31.4 Å². The van der Waals surface area contributed by atoms with E-state index < -0.39 is 17.2 Å². The second kappa shape index (κ2) is 8.99. The summed E-state index contributed by atoms with van der Waals surface area (Å²) in [7, 11) is 3.35. The first-order valence-corrected chi connectivity index (χ1v) is 9.57. The predicted molar refractivity (Wildman–Crippen MR) is 111 cm³/mol. The van der Waals surface area contributed by atoms with Crippen LogP contribution in [0.25, 0.3) is 10.9 Å². The second-order valence-corrected chi connectivity index (χ2v) is 7.53. The number of likely N-dealkylation sites (N-methyl/N-ethyl adjacent to an activating group) is 1. The minimum atomic E-state index is -1.31. The molecule has 2 aliphatic rings. The number of fused-ring (bicyclic) bond motifs is 1. The molecular weight excluding hydrogens is 397 g/mol. The number of aromatic carboxylic acids is 1. The summed E-state index contributed by atoms with van der Waals surface area (Å²) in [5.74, 6) is -1.58. The Hall–Kier alpha value is -2.69. The van der Waals surface area contributed by atoms with Crippen molar-refractivity contribution >= 4 is 22.6 Å². The highest BCUT2D eigenvalue weighted by Crippen LogP contribution is 2.44. The summed E-state index contributed by atoms with van der Waals surface area (Å²) in [5, 5.41) is 12.7. The lowest BCUT2D eigenvalue weighted by Crippen LogP contribution is -2.45. The van der Waals surface area contributed by atoms with E-state index >= 15 is 4.39 Å². The van der Waals surface area contributed by atoms with Gasteiger partial charge < -0.3 is 35.6 Å². The van der Waals surface area contributed by atoms with E-state index in [0.29, 0.717) is 30.0 Å². The van der Waals surface area contributed by atoms with E-state index in [2.05, 4.69) is 5.32 Å². The molecule has 2 heterocycles. The van der Waals surface area contributed by atoms with Gasteiger partial charge in [0.15, 0.2) is 11.6 Å². The fraction of sp³-hybridized carbons (Fsp3) is 0.500. The summed E-state index contributed by atoms with van der Waals surface area (Å²) in [6.07, 6.45) is 5.08. The van der Waals surface area contributed by atoms with E-state index in [1.165, 1.54) is 19.4 Å². The standard InChI is InChI=1S/C20H24FN3O4.2H2O/c1-22-11-4-3-7-23(9-11)17-15(21)8-13-16(19(17)28-2)24(12-5-6-12)10-14(18(13)25)20(26)27;;/h8,10-12,22H,3-7,9H2,1-2H3,(H,26,27);2*1H2/t11-;;/m1../s1. The summed E-state index contributed by atoms with van der Waals surface area (Å²) in [4.78, 5) is 26.2. The zero-order valence-electron chi connectivity index (χ0n) is 17.0. The van der Waals surface area contributed by atoms with Gasteiger partial charge in [-0.05, 0) is 38.8 Å². The van der Waals surface area contributed by atoms with E-state index in [4.69, 9.17) is 4.74 Å². The number of hydrogen-bond donors (Lipinski definition) is 2. The fourth-order valence-corrected chi connectivity index (χ4v) is 4.14. The molecule has 9 nitrogen and oxygen atoms in total. The van der Waals surface area contributed by atoms with Crippen LogP contribution in [0.1, 0.15) is 42.1 Å². The van der Waals surface area contributed by atoms with Crippen LogP contribution in [0.15, 0.2) is 17.1 Å². The number of hydrogen-bond acceptors (Lipinski definition) is 5. The van der Waals surface area contributed by atoms with Crippen molar-refractivity contribution in [3.8, 4) is 5.75 Å². The van der Waals surface area contributed by atoms with E-state index in [1.54, 1.807) is 4.57 Å². The van der Waals surface area contributed by atoms with Crippen LogP contribution in [0, 0.1) is 5.82 Å². The van der Waals surface area contributed by atoms with Crippen molar-refractivity contribution in [1.29, 1.82) is 0 Å². The van der Waals surface area contributed by atoms with Gasteiger partial charge in [-0.15, -0.1) is 0 Å². The number of carbonyl (C=O) groups is 1. The molecule has 1 aromatic heterocycles. The third kappa shape index (κ3) is 3.85. The number of nitrogens with zero attached hydrogens (tertiary/aromatic N) is 2. The lowest BCUT2D eigenvalue weighted by atomic mass is 10.0. The van der Waals surface area contributed by atoms with Crippen LogP contribution in [0.4, 0.5) is 10.1 Å². The number of pyridine rings is 1. The molecule has 4 rings (SSSR count). The average molecular weight is 425 g/mol. The Balaban J connectivity index is 0.00000160. The van der Waals surface area contributed by atoms with E-state index in [9.17, 15) is 14.7 Å². The molecule has 1 saturated heterocycles. The Morgan fingerprint density at radius 1 is 1.30 bits per heavy atom. The highest BCUT2D eigenvalue weighted by atomic mass is 19.1. The average Bonchev–Trinajstić information content (AvgIpc) is 3.52. The lowest BCUT2D eigenvalue weighted by molar-refractivity contribution is 0.0694. The largest absolute Gasteiger partial charge is 0.492 e. The van der Waals surface area contributed by atoms with Crippen molar-refractivity contribution in [2.24, 2.45) is 0 Å². The number of nitrogens with one attached hydrogen (secondary N) is 1. The normalized spacial score (nSPS) is 18.5. The number of benzene rings is 1. The van der Waals surface area contributed by atoms with Crippen LogP contribution in [0.3, 0.4) is 0 Å². The quantitative estimate of drug-likeness (QED) is 0.721. The van der Waals surface area contributed by atoms with Gasteiger partial charge in [0.05, 0.1) is 18.0 Å². The zero-order chi connectivity index (χ0) is 20.0. The summed E-state index contributed by atoms with van der Waals surface area (Å²) in [6, 6.07) is 1.51. The van der Waals surface area contributed by atoms with E-state index in [-0.39, 0.29) is 34.0 Å². The van der Waals surface area contributed by atoms with Crippen molar-refractivity contribution in [1.82, 2.24) is 9.88 Å². The first kappa shape index (κ1) is 23.6. The second-order valence-electron chi connectivity index (χ2n) is 7.53. The molecule has 2 aromatic rings. The molecule has 0 bridgehead atoms. The van der Waals surface area contributed by atoms with E-state index in [1.807, 2.05) is 11.9 Å². The maximum Gasteiger partial charge on any atom is 0.341 e. The van der Waals surface area contributed by atoms with Crippen molar-refractivity contribution in [2.45, 2.75) is 37.8 Å². The number of piperidine rings is 1. The first-order chi connectivity index (χ1) is 13.5. The molecular formula is C20H28FN3O6. The molecule has 0 unspecified atom stereocenters. The maximum absolute atomic E-state index is 15.2. The smallest absolute Gasteiger partial charge is 0.341 e. The van der Waals surface area contributed by atoms with Crippen LogP contribution in [-0.2, 0) is 0 Å². The first-order valence-electron chi connectivity index (χ1n) is 9.57. The number of ether oxygens (including phenoxy) is 1. The number of halogens is 1. The molecule has 1 aromatic carbocycles. The topological polar surface area (TPSA) is 147 Å². The van der Waals surface area contributed by atoms with E-state index in [0.717, 1.165) is 25.7 Å². The van der Waals surface area contributed by atoms with Crippen molar-refractivity contribution in [3.63, 3.8) is 0 Å². The number of rotatable bonds is 5. The van der Waals surface area contributed by atoms with Crippen LogP contribution in [0.5, 0.6) is 5.75 Å². The van der Waals surface area contributed by atoms with Crippen molar-refractivity contribution in [2.75, 3.05) is 32.1 Å². The van der Waals surface area contributed by atoms with Gasteiger partial charge >= 0.3 is 5.97 Å². The Morgan fingerprint density at radius 3 is 2.57 bits per heavy atom. The third-order valence-electron chi connectivity index (χ3n) is 5.72. The predicted octanol–water partition coefficient (Wildman–Crippen LogP) is 0.721. The summed E-state index contributed by atoms with van der Waals surface area (Å²) < 4.78 is 22.6. The van der Waals surface area contributed by atoms with Gasteiger partial charge in [0.1, 0.15) is 11.3 Å². The fourth-order valence-electron chi connectivity index (χ4n) is 4.14. The third-order valence-corrected chi connectivity index (χ3v) is 5.72. The Morgan fingerprint density at radius 2 is 2.00 bits per heavy atom. The molecule has 10 heteroatoms. The molecule has 1 saturated carbocycles. The van der Waals surface area contributed by atoms with Crippen molar-refractivity contribution in [3.05, 3.63) is 33.9 Å². The number of methoxy groups -OCH3 is 1. The molecule has 6 N–H and O–H groups in total. The molecule has 1 aliphatic heterocycles. The van der Waals surface area contributed by atoms with Gasteiger partial charge in [-0.25, -0.2) is 9.18 Å². The highest BCUT2D eigenvalue weighted by Gasteiger charge is 2.32. The molecule has 0 amide bonds. The molecule has 0 spiro atoms. The maximum atomic E-state index is 15.2. The van der Waals surface area contributed by atoms with Crippen LogP contribution in [0.2, 0.25) is 0 Å². The molecule has 1 atom stereocenters. The summed E-state index contributed by atoms with van der Waals surface area (Å²) in [6.45, 7) is 1.33. The minimum absolute atomic E-state index is 0. The molecule has 2 fully saturated rings. The summed E-state index contributed by atoms with van der Waals surface area (Å²) >= 11 is 0. The monoisotopic (exact) mass is 425 g/mol. The van der Waals surface area contributed by atoms with Gasteiger partial charge in [-0.2, -0.15) is 0 Å². The van der Waals surface area contributed by atoms with Crippen LogP contribution < -0.4 is 20.4 Å². The Bertz CT molecular complexity index is 1000. The van der Waals surface area contributed by atoms with Gasteiger partial charge in [-0.1, -0.05) is 0 Å². The highest BCUT2D eigenvalue weighted by molar-refractivity contribution is 5.97. The molecule has 1 aliphatic carbocycles.